The van der Waals surface area contributed by atoms with E-state index in [0.29, 0.717) is 37.4 Å². The summed E-state index contributed by atoms with van der Waals surface area (Å²) in [6.45, 7) is 6.76. The maximum absolute atomic E-state index is 12.8. The number of aryl methyl sites for hydroxylation is 1. The van der Waals surface area contributed by atoms with Crippen molar-refractivity contribution < 1.29 is 18.1 Å². The van der Waals surface area contributed by atoms with Crippen LogP contribution in [0.2, 0.25) is 0 Å². The zero-order chi connectivity index (χ0) is 21.9. The van der Waals surface area contributed by atoms with Crippen LogP contribution in [-0.4, -0.2) is 61.2 Å². The quantitative estimate of drug-likeness (QED) is 0.554. The molecule has 30 heavy (non-hydrogen) atoms. The van der Waals surface area contributed by atoms with Crippen LogP contribution in [0.3, 0.4) is 0 Å². The smallest absolute Gasteiger partial charge is 0.285 e. The molecule has 0 saturated carbocycles. The van der Waals surface area contributed by atoms with E-state index >= 15 is 0 Å². The second-order valence-corrected chi connectivity index (χ2v) is 8.98. The Kier molecular flexibility index (Phi) is 6.49. The molecule has 2 aromatic carbocycles. The Bertz CT molecular complexity index is 1050. The summed E-state index contributed by atoms with van der Waals surface area (Å²) in [4.78, 5) is 25.6. The van der Waals surface area contributed by atoms with Gasteiger partial charge >= 0.3 is 0 Å². The standard InChI is InChI=1S/C20H24N4O5S/c1-3-22-11-13-23(14-12-22)30(28,29)17-9-7-16(8-10-17)21-20(25)18-6-4-5-15(2)19(18)24(26)27/h4-10H,3,11-14H2,1-2H3,(H,21,25). The molecule has 10 heteroatoms. The van der Waals surface area contributed by atoms with Gasteiger partial charge in [-0.1, -0.05) is 19.1 Å². The fraction of sp³-hybridized carbons (Fsp3) is 0.350. The predicted octanol–water partition coefficient (Wildman–Crippen LogP) is 2.48. The highest BCUT2D eigenvalue weighted by molar-refractivity contribution is 7.89. The number of piperazine rings is 1. The molecular weight excluding hydrogens is 408 g/mol. The molecule has 0 aromatic heterocycles. The summed E-state index contributed by atoms with van der Waals surface area (Å²) in [6, 6.07) is 10.3. The first-order valence-electron chi connectivity index (χ1n) is 9.62. The molecule has 1 amide bonds. The van der Waals surface area contributed by atoms with E-state index < -0.39 is 20.9 Å². The van der Waals surface area contributed by atoms with Crippen LogP contribution in [-0.2, 0) is 10.0 Å². The van der Waals surface area contributed by atoms with Gasteiger partial charge in [0.15, 0.2) is 0 Å². The fourth-order valence-electron chi connectivity index (χ4n) is 3.43. The fourth-order valence-corrected chi connectivity index (χ4v) is 4.85. The highest BCUT2D eigenvalue weighted by atomic mass is 32.2. The number of nitro groups is 1. The molecule has 0 bridgehead atoms. The van der Waals surface area contributed by atoms with Gasteiger partial charge in [-0.25, -0.2) is 8.42 Å². The molecular formula is C20H24N4O5S. The Labute approximate surface area is 175 Å². The molecule has 0 spiro atoms. The third-order valence-corrected chi connectivity index (χ3v) is 7.11. The minimum atomic E-state index is -3.61. The van der Waals surface area contributed by atoms with Crippen LogP contribution in [0, 0.1) is 17.0 Å². The number of nitrogens with zero attached hydrogens (tertiary/aromatic N) is 3. The first-order chi connectivity index (χ1) is 14.2. The number of hydrogen-bond donors (Lipinski definition) is 1. The van der Waals surface area contributed by atoms with E-state index in [1.54, 1.807) is 19.1 Å². The lowest BCUT2D eigenvalue weighted by atomic mass is 10.1. The van der Waals surface area contributed by atoms with Crippen LogP contribution in [0.1, 0.15) is 22.8 Å². The van der Waals surface area contributed by atoms with Crippen molar-refractivity contribution in [3.63, 3.8) is 0 Å². The van der Waals surface area contributed by atoms with Gasteiger partial charge in [-0.05, 0) is 43.8 Å². The van der Waals surface area contributed by atoms with E-state index in [9.17, 15) is 23.3 Å². The maximum Gasteiger partial charge on any atom is 0.285 e. The van der Waals surface area contributed by atoms with Crippen molar-refractivity contribution in [1.29, 1.82) is 0 Å². The molecule has 0 unspecified atom stereocenters. The van der Waals surface area contributed by atoms with E-state index in [0.717, 1.165) is 6.54 Å². The minimum absolute atomic E-state index is 0.0505. The summed E-state index contributed by atoms with van der Waals surface area (Å²) < 4.78 is 27.1. The van der Waals surface area contributed by atoms with E-state index in [1.807, 2.05) is 6.92 Å². The van der Waals surface area contributed by atoms with E-state index in [4.69, 9.17) is 0 Å². The number of rotatable bonds is 6. The zero-order valence-corrected chi connectivity index (χ0v) is 17.7. The van der Waals surface area contributed by atoms with E-state index in [2.05, 4.69) is 10.2 Å². The van der Waals surface area contributed by atoms with Gasteiger partial charge in [0, 0.05) is 37.4 Å². The Morgan fingerprint density at radius 1 is 1.10 bits per heavy atom. The molecule has 160 valence electrons. The SMILES string of the molecule is CCN1CCN(S(=O)(=O)c2ccc(NC(=O)c3cccc(C)c3[N+](=O)[O-])cc2)CC1. The molecule has 0 radical (unpaired) electrons. The lowest BCUT2D eigenvalue weighted by Crippen LogP contribution is -2.48. The third-order valence-electron chi connectivity index (χ3n) is 5.19. The normalized spacial score (nSPS) is 15.7. The summed E-state index contributed by atoms with van der Waals surface area (Å²) in [7, 11) is -3.61. The van der Waals surface area contributed by atoms with Crippen LogP contribution < -0.4 is 5.32 Å². The van der Waals surface area contributed by atoms with Gasteiger partial charge in [-0.15, -0.1) is 0 Å². The van der Waals surface area contributed by atoms with Gasteiger partial charge in [0.2, 0.25) is 10.0 Å². The number of sulfonamides is 1. The summed E-state index contributed by atoms with van der Waals surface area (Å²) in [5.41, 5.74) is 0.439. The Hall–Kier alpha value is -2.82. The summed E-state index contributed by atoms with van der Waals surface area (Å²) in [5, 5.41) is 13.9. The van der Waals surface area contributed by atoms with Crippen molar-refractivity contribution in [2.75, 3.05) is 38.0 Å². The van der Waals surface area contributed by atoms with Gasteiger partial charge in [0.05, 0.1) is 9.82 Å². The first kappa shape index (κ1) is 21.9. The molecule has 1 fully saturated rings. The van der Waals surface area contributed by atoms with Crippen LogP contribution in [0.15, 0.2) is 47.4 Å². The first-order valence-corrected chi connectivity index (χ1v) is 11.1. The lowest BCUT2D eigenvalue weighted by molar-refractivity contribution is -0.385. The summed E-state index contributed by atoms with van der Waals surface area (Å²) >= 11 is 0. The van der Waals surface area contributed by atoms with Crippen molar-refractivity contribution in [3.05, 3.63) is 63.7 Å². The average Bonchev–Trinajstić information content (AvgIpc) is 2.73. The number of carbonyl (C=O) groups is 1. The predicted molar refractivity (Wildman–Crippen MR) is 113 cm³/mol. The van der Waals surface area contributed by atoms with Crippen molar-refractivity contribution in [3.8, 4) is 0 Å². The van der Waals surface area contributed by atoms with Crippen LogP contribution in [0.4, 0.5) is 11.4 Å². The van der Waals surface area contributed by atoms with E-state index in [-0.39, 0.29) is 16.1 Å². The van der Waals surface area contributed by atoms with Gasteiger partial charge in [-0.3, -0.25) is 14.9 Å². The zero-order valence-electron chi connectivity index (χ0n) is 16.9. The molecule has 1 N–H and O–H groups in total. The van der Waals surface area contributed by atoms with Crippen molar-refractivity contribution >= 4 is 27.3 Å². The van der Waals surface area contributed by atoms with Gasteiger partial charge in [0.25, 0.3) is 11.6 Å². The molecule has 0 aliphatic carbocycles. The monoisotopic (exact) mass is 432 g/mol. The molecule has 1 aliphatic heterocycles. The molecule has 1 heterocycles. The average molecular weight is 433 g/mol. The molecule has 1 saturated heterocycles. The van der Waals surface area contributed by atoms with Crippen LogP contribution >= 0.6 is 0 Å². The van der Waals surface area contributed by atoms with Crippen molar-refractivity contribution in [2.24, 2.45) is 0 Å². The second-order valence-electron chi connectivity index (χ2n) is 7.05. The number of benzene rings is 2. The number of likely N-dealkylation sites (N-methyl/N-ethyl adjacent to an activating group) is 1. The number of para-hydroxylation sites is 1. The van der Waals surface area contributed by atoms with Crippen LogP contribution in [0.5, 0.6) is 0 Å². The van der Waals surface area contributed by atoms with Gasteiger partial charge < -0.3 is 10.2 Å². The molecule has 9 nitrogen and oxygen atoms in total. The maximum atomic E-state index is 12.8. The lowest BCUT2D eigenvalue weighted by Gasteiger charge is -2.33. The van der Waals surface area contributed by atoms with Crippen LogP contribution in [0.25, 0.3) is 0 Å². The number of nitrogens with one attached hydrogen (secondary N) is 1. The number of anilines is 1. The number of hydrogen-bond acceptors (Lipinski definition) is 6. The molecule has 0 atom stereocenters. The Balaban J connectivity index is 1.75. The summed E-state index contributed by atoms with van der Waals surface area (Å²) in [6.07, 6.45) is 0. The van der Waals surface area contributed by atoms with Gasteiger partial charge in [0.1, 0.15) is 5.56 Å². The topological polar surface area (TPSA) is 113 Å². The number of amides is 1. The van der Waals surface area contributed by atoms with E-state index in [1.165, 1.54) is 34.6 Å². The molecule has 2 aromatic rings. The van der Waals surface area contributed by atoms with Gasteiger partial charge in [-0.2, -0.15) is 4.31 Å². The third kappa shape index (κ3) is 4.50. The second kappa shape index (κ2) is 8.90. The number of carbonyl (C=O) groups excluding carboxylic acids is 1. The Morgan fingerprint density at radius 2 is 1.73 bits per heavy atom. The minimum Gasteiger partial charge on any atom is -0.322 e. The van der Waals surface area contributed by atoms with Crippen molar-refractivity contribution in [1.82, 2.24) is 9.21 Å². The Morgan fingerprint density at radius 3 is 2.30 bits per heavy atom. The molecule has 1 aliphatic rings. The van der Waals surface area contributed by atoms with Crippen molar-refractivity contribution in [2.45, 2.75) is 18.7 Å². The highest BCUT2D eigenvalue weighted by Gasteiger charge is 2.28. The highest BCUT2D eigenvalue weighted by Crippen LogP contribution is 2.25. The number of nitro benzene ring substituents is 1. The summed E-state index contributed by atoms with van der Waals surface area (Å²) in [5.74, 6) is -0.628. The molecule has 3 rings (SSSR count). The largest absolute Gasteiger partial charge is 0.322 e.